The van der Waals surface area contributed by atoms with Crippen LogP contribution in [-0.4, -0.2) is 25.2 Å². The number of carbonyl (C=O) groups excluding carboxylic acids is 2. The molecule has 0 aliphatic rings. The average Bonchev–Trinajstić information content (AvgIpc) is 2.48. The van der Waals surface area contributed by atoms with Gasteiger partial charge in [-0.15, -0.1) is 0 Å². The molecule has 1 aromatic rings. The first-order chi connectivity index (χ1) is 9.74. The van der Waals surface area contributed by atoms with Crippen molar-refractivity contribution < 1.29 is 19.1 Å². The molecule has 0 aliphatic carbocycles. The number of unbranched alkanes of at least 4 members (excludes halogenated alkanes) is 1. The summed E-state index contributed by atoms with van der Waals surface area (Å²) in [5.74, 6) is -0.711. The molecule has 0 N–H and O–H groups in total. The predicted molar refractivity (Wildman–Crippen MR) is 76.3 cm³/mol. The molecule has 0 atom stereocenters. The Labute approximate surface area is 119 Å². The number of esters is 2. The maximum Gasteiger partial charge on any atom is 0.338 e. The standard InChI is InChI=1S/C16H20O4/c1-2-3-12-19-15(17)11-7-8-13-20-16(18)14-9-5-4-6-10-14/h4-7,9-11H,2-3,8,12-13H2,1H3/b11-7+. The number of rotatable bonds is 8. The maximum absolute atomic E-state index is 11.6. The third kappa shape index (κ3) is 6.73. The van der Waals surface area contributed by atoms with Gasteiger partial charge in [-0.05, 0) is 18.6 Å². The molecule has 1 rings (SSSR count). The zero-order chi connectivity index (χ0) is 14.6. The number of benzene rings is 1. The van der Waals surface area contributed by atoms with Crippen LogP contribution in [0.2, 0.25) is 0 Å². The molecule has 4 heteroatoms. The van der Waals surface area contributed by atoms with Crippen LogP contribution in [0.1, 0.15) is 36.5 Å². The quantitative estimate of drug-likeness (QED) is 0.416. The first kappa shape index (κ1) is 16.0. The van der Waals surface area contributed by atoms with Crippen LogP contribution >= 0.6 is 0 Å². The molecule has 1 aromatic carbocycles. The van der Waals surface area contributed by atoms with E-state index < -0.39 is 0 Å². The van der Waals surface area contributed by atoms with E-state index in [1.165, 1.54) is 6.08 Å². The third-order valence-electron chi connectivity index (χ3n) is 2.52. The molecule has 0 aliphatic heterocycles. The van der Waals surface area contributed by atoms with Gasteiger partial charge >= 0.3 is 11.9 Å². The van der Waals surface area contributed by atoms with Crippen molar-refractivity contribution in [3.63, 3.8) is 0 Å². The zero-order valence-corrected chi connectivity index (χ0v) is 11.7. The molecular formula is C16H20O4. The summed E-state index contributed by atoms with van der Waals surface area (Å²) in [6.45, 7) is 2.72. The van der Waals surface area contributed by atoms with Crippen molar-refractivity contribution in [3.8, 4) is 0 Å². The average molecular weight is 276 g/mol. The molecule has 0 aromatic heterocycles. The minimum atomic E-state index is -0.357. The summed E-state index contributed by atoms with van der Waals surface area (Å²) < 4.78 is 10.0. The molecule has 0 saturated heterocycles. The lowest BCUT2D eigenvalue weighted by molar-refractivity contribution is -0.137. The van der Waals surface area contributed by atoms with Gasteiger partial charge in [0.2, 0.25) is 0 Å². The zero-order valence-electron chi connectivity index (χ0n) is 11.7. The molecule has 0 amide bonds. The van der Waals surface area contributed by atoms with Gasteiger partial charge in [-0.1, -0.05) is 37.6 Å². The molecule has 0 heterocycles. The van der Waals surface area contributed by atoms with Crippen molar-refractivity contribution in [2.45, 2.75) is 26.2 Å². The van der Waals surface area contributed by atoms with Crippen LogP contribution in [0.15, 0.2) is 42.5 Å². The lowest BCUT2D eigenvalue weighted by Crippen LogP contribution is -2.06. The lowest BCUT2D eigenvalue weighted by atomic mass is 10.2. The summed E-state index contributed by atoms with van der Waals surface area (Å²) in [6.07, 6.45) is 5.36. The van der Waals surface area contributed by atoms with Gasteiger partial charge in [0.25, 0.3) is 0 Å². The van der Waals surface area contributed by atoms with Gasteiger partial charge in [-0.2, -0.15) is 0 Å². The normalized spacial score (nSPS) is 10.4. The molecular weight excluding hydrogens is 256 g/mol. The topological polar surface area (TPSA) is 52.6 Å². The van der Waals surface area contributed by atoms with E-state index in [0.717, 1.165) is 12.8 Å². The highest BCUT2D eigenvalue weighted by Crippen LogP contribution is 2.01. The van der Waals surface area contributed by atoms with Gasteiger partial charge < -0.3 is 9.47 Å². The monoisotopic (exact) mass is 276 g/mol. The lowest BCUT2D eigenvalue weighted by Gasteiger charge is -2.02. The molecule has 0 spiro atoms. The largest absolute Gasteiger partial charge is 0.463 e. The molecule has 20 heavy (non-hydrogen) atoms. The second-order valence-corrected chi connectivity index (χ2v) is 4.21. The van der Waals surface area contributed by atoms with Crippen molar-refractivity contribution >= 4 is 11.9 Å². The van der Waals surface area contributed by atoms with E-state index in [0.29, 0.717) is 18.6 Å². The highest BCUT2D eigenvalue weighted by molar-refractivity contribution is 5.89. The fourth-order valence-corrected chi connectivity index (χ4v) is 1.42. The van der Waals surface area contributed by atoms with E-state index in [9.17, 15) is 9.59 Å². The van der Waals surface area contributed by atoms with Crippen molar-refractivity contribution in [1.29, 1.82) is 0 Å². The summed E-state index contributed by atoms with van der Waals surface area (Å²) in [5.41, 5.74) is 0.524. The Bertz CT molecular complexity index is 437. The fourth-order valence-electron chi connectivity index (χ4n) is 1.42. The van der Waals surface area contributed by atoms with E-state index in [1.807, 2.05) is 13.0 Å². The molecule has 0 fully saturated rings. The van der Waals surface area contributed by atoms with Crippen molar-refractivity contribution in [2.75, 3.05) is 13.2 Å². The second kappa shape index (κ2) is 9.78. The highest BCUT2D eigenvalue weighted by Gasteiger charge is 2.04. The summed E-state index contributed by atoms with van der Waals surface area (Å²) in [5, 5.41) is 0. The Hall–Kier alpha value is -2.10. The van der Waals surface area contributed by atoms with E-state index in [1.54, 1.807) is 30.3 Å². The first-order valence-corrected chi connectivity index (χ1v) is 6.79. The number of carbonyl (C=O) groups is 2. The van der Waals surface area contributed by atoms with E-state index in [2.05, 4.69) is 0 Å². The van der Waals surface area contributed by atoms with Gasteiger partial charge in [0.15, 0.2) is 0 Å². The molecule has 108 valence electrons. The van der Waals surface area contributed by atoms with Crippen LogP contribution in [0, 0.1) is 0 Å². The summed E-state index contributed by atoms with van der Waals surface area (Å²) in [6, 6.07) is 8.79. The van der Waals surface area contributed by atoms with Crippen molar-refractivity contribution in [3.05, 3.63) is 48.0 Å². The Morgan fingerprint density at radius 3 is 2.55 bits per heavy atom. The molecule has 0 radical (unpaired) electrons. The third-order valence-corrected chi connectivity index (χ3v) is 2.52. The summed E-state index contributed by atoms with van der Waals surface area (Å²) >= 11 is 0. The maximum atomic E-state index is 11.6. The number of ether oxygens (including phenoxy) is 2. The smallest absolute Gasteiger partial charge is 0.338 e. The minimum Gasteiger partial charge on any atom is -0.463 e. The van der Waals surface area contributed by atoms with Gasteiger partial charge in [0, 0.05) is 12.5 Å². The van der Waals surface area contributed by atoms with E-state index >= 15 is 0 Å². The molecule has 0 unspecified atom stereocenters. The minimum absolute atomic E-state index is 0.243. The van der Waals surface area contributed by atoms with E-state index in [4.69, 9.17) is 9.47 Å². The van der Waals surface area contributed by atoms with Crippen molar-refractivity contribution in [1.82, 2.24) is 0 Å². The van der Waals surface area contributed by atoms with Crippen molar-refractivity contribution in [2.24, 2.45) is 0 Å². The Morgan fingerprint density at radius 2 is 1.85 bits per heavy atom. The SMILES string of the molecule is CCCCOC(=O)/C=C/CCOC(=O)c1ccccc1. The van der Waals surface area contributed by atoms with Gasteiger partial charge in [-0.25, -0.2) is 9.59 Å². The Kier molecular flexibility index (Phi) is 7.80. The van der Waals surface area contributed by atoms with Gasteiger partial charge in [0.05, 0.1) is 18.8 Å². The second-order valence-electron chi connectivity index (χ2n) is 4.21. The molecule has 0 saturated carbocycles. The number of hydrogen-bond donors (Lipinski definition) is 0. The van der Waals surface area contributed by atoms with Crippen LogP contribution in [0.4, 0.5) is 0 Å². The van der Waals surface area contributed by atoms with Crippen LogP contribution in [0.25, 0.3) is 0 Å². The van der Waals surface area contributed by atoms with Crippen LogP contribution < -0.4 is 0 Å². The Balaban J connectivity index is 2.15. The van der Waals surface area contributed by atoms with Crippen LogP contribution in [-0.2, 0) is 14.3 Å². The molecule has 4 nitrogen and oxygen atoms in total. The Morgan fingerprint density at radius 1 is 1.10 bits per heavy atom. The summed E-state index contributed by atoms with van der Waals surface area (Å²) in [4.78, 5) is 22.8. The van der Waals surface area contributed by atoms with Gasteiger partial charge in [0.1, 0.15) is 0 Å². The fraction of sp³-hybridized carbons (Fsp3) is 0.375. The van der Waals surface area contributed by atoms with E-state index in [-0.39, 0.29) is 18.5 Å². The summed E-state index contributed by atoms with van der Waals surface area (Å²) in [7, 11) is 0. The van der Waals surface area contributed by atoms with Gasteiger partial charge in [-0.3, -0.25) is 0 Å². The number of hydrogen-bond acceptors (Lipinski definition) is 4. The molecule has 0 bridgehead atoms. The first-order valence-electron chi connectivity index (χ1n) is 6.79. The predicted octanol–water partition coefficient (Wildman–Crippen LogP) is 3.13. The van der Waals surface area contributed by atoms with Crippen LogP contribution in [0.3, 0.4) is 0 Å². The van der Waals surface area contributed by atoms with Crippen LogP contribution in [0.5, 0.6) is 0 Å². The highest BCUT2D eigenvalue weighted by atomic mass is 16.5.